The van der Waals surface area contributed by atoms with Crippen molar-refractivity contribution >= 4 is 5.97 Å². The summed E-state index contributed by atoms with van der Waals surface area (Å²) in [5.41, 5.74) is 0. The number of hydrogen-bond acceptors (Lipinski definition) is 4. The lowest BCUT2D eigenvalue weighted by Gasteiger charge is -2.39. The summed E-state index contributed by atoms with van der Waals surface area (Å²) < 4.78 is 5.20. The number of nitrogens with one attached hydrogen (secondary N) is 1. The number of carbonyl (C=O) groups is 1. The highest BCUT2D eigenvalue weighted by Crippen LogP contribution is 2.23. The Balaban J connectivity index is 2.63. The summed E-state index contributed by atoms with van der Waals surface area (Å²) in [7, 11) is 1.98. The van der Waals surface area contributed by atoms with Gasteiger partial charge in [0.05, 0.1) is 6.61 Å². The van der Waals surface area contributed by atoms with Gasteiger partial charge in [0.1, 0.15) is 6.04 Å². The van der Waals surface area contributed by atoms with Gasteiger partial charge in [0.15, 0.2) is 0 Å². The Kier molecular flexibility index (Phi) is 7.28. The van der Waals surface area contributed by atoms with Crippen LogP contribution in [0.3, 0.4) is 0 Å². The first-order valence-corrected chi connectivity index (χ1v) is 7.31. The molecule has 0 aromatic heterocycles. The first-order valence-electron chi connectivity index (χ1n) is 7.31. The minimum absolute atomic E-state index is 0.0450. The smallest absolute Gasteiger partial charge is 0.323 e. The first-order chi connectivity index (χ1) is 8.74. The number of ether oxygens (including phenoxy) is 1. The average molecular weight is 256 g/mol. The highest BCUT2D eigenvalue weighted by molar-refractivity contribution is 5.75. The topological polar surface area (TPSA) is 41.6 Å². The highest BCUT2D eigenvalue weighted by Gasteiger charge is 2.32. The second-order valence-electron chi connectivity index (χ2n) is 4.96. The van der Waals surface area contributed by atoms with Crippen LogP contribution in [-0.4, -0.2) is 49.7 Å². The van der Waals surface area contributed by atoms with Gasteiger partial charge < -0.3 is 10.1 Å². The van der Waals surface area contributed by atoms with Crippen molar-refractivity contribution in [2.45, 2.75) is 58.0 Å². The van der Waals surface area contributed by atoms with Crippen LogP contribution >= 0.6 is 0 Å². The quantitative estimate of drug-likeness (QED) is 0.705. The zero-order chi connectivity index (χ0) is 13.4. The van der Waals surface area contributed by atoms with Crippen LogP contribution in [0.1, 0.15) is 46.0 Å². The predicted octanol–water partition coefficient (Wildman–Crippen LogP) is 1.79. The van der Waals surface area contributed by atoms with Crippen LogP contribution < -0.4 is 5.32 Å². The molecule has 0 bridgehead atoms. The minimum atomic E-state index is -0.0490. The molecule has 0 spiro atoms. The predicted molar refractivity (Wildman–Crippen MR) is 73.6 cm³/mol. The molecule has 106 valence electrons. The molecule has 0 radical (unpaired) electrons. The van der Waals surface area contributed by atoms with Gasteiger partial charge in [0.2, 0.25) is 0 Å². The number of rotatable bonds is 7. The van der Waals surface area contributed by atoms with Crippen molar-refractivity contribution in [3.8, 4) is 0 Å². The molecule has 0 amide bonds. The molecule has 2 atom stereocenters. The minimum Gasteiger partial charge on any atom is -0.465 e. The van der Waals surface area contributed by atoms with Crippen molar-refractivity contribution in [1.29, 1.82) is 0 Å². The summed E-state index contributed by atoms with van der Waals surface area (Å²) in [6.45, 7) is 6.47. The molecule has 1 saturated heterocycles. The standard InChI is InChI=1S/C14H28N2O2/c1-4-13(14(17)18-5-2)16-11-7-6-8-12(16)9-10-15-3/h12-13,15H,4-11H2,1-3H3. The van der Waals surface area contributed by atoms with Crippen molar-refractivity contribution in [2.75, 3.05) is 26.7 Å². The summed E-state index contributed by atoms with van der Waals surface area (Å²) in [6.07, 6.45) is 5.65. The van der Waals surface area contributed by atoms with Gasteiger partial charge in [-0.3, -0.25) is 9.69 Å². The second-order valence-corrected chi connectivity index (χ2v) is 4.96. The lowest BCUT2D eigenvalue weighted by Crippen LogP contribution is -2.50. The molecular formula is C14H28N2O2. The summed E-state index contributed by atoms with van der Waals surface area (Å²) in [5, 5.41) is 3.20. The second kappa shape index (κ2) is 8.48. The fourth-order valence-corrected chi connectivity index (χ4v) is 2.83. The molecule has 1 rings (SSSR count). The van der Waals surface area contributed by atoms with E-state index < -0.39 is 0 Å². The molecule has 1 N–H and O–H groups in total. The third-order valence-corrected chi connectivity index (χ3v) is 3.75. The summed E-state index contributed by atoms with van der Waals surface area (Å²) in [5.74, 6) is -0.0450. The van der Waals surface area contributed by atoms with Crippen LogP contribution in [0.25, 0.3) is 0 Å². The van der Waals surface area contributed by atoms with Crippen molar-refractivity contribution in [2.24, 2.45) is 0 Å². The molecule has 2 unspecified atom stereocenters. The number of piperidine rings is 1. The fraction of sp³-hybridized carbons (Fsp3) is 0.929. The molecule has 0 saturated carbocycles. The molecule has 0 aliphatic carbocycles. The van der Waals surface area contributed by atoms with E-state index in [-0.39, 0.29) is 12.0 Å². The van der Waals surface area contributed by atoms with E-state index >= 15 is 0 Å². The van der Waals surface area contributed by atoms with E-state index in [0.29, 0.717) is 12.6 Å². The molecule has 18 heavy (non-hydrogen) atoms. The maximum Gasteiger partial charge on any atom is 0.323 e. The van der Waals surface area contributed by atoms with E-state index in [1.807, 2.05) is 14.0 Å². The SMILES string of the molecule is CCOC(=O)C(CC)N1CCCCC1CCNC. The Morgan fingerprint density at radius 3 is 2.83 bits per heavy atom. The molecule has 4 heteroatoms. The molecule has 0 aromatic carbocycles. The number of carbonyl (C=O) groups excluding carboxylic acids is 1. The summed E-state index contributed by atoms with van der Waals surface area (Å²) in [6, 6.07) is 0.479. The van der Waals surface area contributed by atoms with E-state index in [1.165, 1.54) is 19.3 Å². The highest BCUT2D eigenvalue weighted by atomic mass is 16.5. The maximum absolute atomic E-state index is 12.0. The van der Waals surface area contributed by atoms with Crippen molar-refractivity contribution < 1.29 is 9.53 Å². The van der Waals surface area contributed by atoms with Crippen molar-refractivity contribution in [3.05, 3.63) is 0 Å². The van der Waals surface area contributed by atoms with Gasteiger partial charge in [0, 0.05) is 6.04 Å². The van der Waals surface area contributed by atoms with Gasteiger partial charge in [0.25, 0.3) is 0 Å². The Morgan fingerprint density at radius 2 is 2.22 bits per heavy atom. The zero-order valence-electron chi connectivity index (χ0n) is 12.1. The maximum atomic E-state index is 12.0. The van der Waals surface area contributed by atoms with E-state index in [9.17, 15) is 4.79 Å². The lowest BCUT2D eigenvalue weighted by atomic mass is 9.96. The van der Waals surface area contributed by atoms with Crippen LogP contribution in [0.4, 0.5) is 0 Å². The van der Waals surface area contributed by atoms with Crippen LogP contribution in [-0.2, 0) is 9.53 Å². The van der Waals surface area contributed by atoms with Gasteiger partial charge in [-0.25, -0.2) is 0 Å². The monoisotopic (exact) mass is 256 g/mol. The molecule has 0 aromatic rings. The van der Waals surface area contributed by atoms with Gasteiger partial charge in [-0.15, -0.1) is 0 Å². The zero-order valence-corrected chi connectivity index (χ0v) is 12.1. The Labute approximate surface area is 111 Å². The molecule has 1 aliphatic rings. The van der Waals surface area contributed by atoms with E-state index in [2.05, 4.69) is 17.1 Å². The van der Waals surface area contributed by atoms with Crippen molar-refractivity contribution in [3.63, 3.8) is 0 Å². The Hall–Kier alpha value is -0.610. The third kappa shape index (κ3) is 4.25. The summed E-state index contributed by atoms with van der Waals surface area (Å²) >= 11 is 0. The van der Waals surface area contributed by atoms with Crippen LogP contribution in [0, 0.1) is 0 Å². The van der Waals surface area contributed by atoms with Crippen LogP contribution in [0.2, 0.25) is 0 Å². The van der Waals surface area contributed by atoms with E-state index in [4.69, 9.17) is 4.74 Å². The average Bonchev–Trinajstić information content (AvgIpc) is 2.39. The molecule has 1 heterocycles. The number of nitrogens with zero attached hydrogens (tertiary/aromatic N) is 1. The van der Waals surface area contributed by atoms with Gasteiger partial charge in [-0.05, 0) is 52.7 Å². The van der Waals surface area contributed by atoms with Crippen molar-refractivity contribution in [1.82, 2.24) is 10.2 Å². The van der Waals surface area contributed by atoms with Gasteiger partial charge in [-0.1, -0.05) is 13.3 Å². The number of esters is 1. The molecule has 1 fully saturated rings. The number of likely N-dealkylation sites (tertiary alicyclic amines) is 1. The molecular weight excluding hydrogens is 228 g/mol. The summed E-state index contributed by atoms with van der Waals surface area (Å²) in [4.78, 5) is 14.4. The normalized spacial score (nSPS) is 22.7. The largest absolute Gasteiger partial charge is 0.465 e. The van der Waals surface area contributed by atoms with Gasteiger partial charge in [-0.2, -0.15) is 0 Å². The Bertz CT molecular complexity index is 246. The van der Waals surface area contributed by atoms with Crippen LogP contribution in [0.15, 0.2) is 0 Å². The Morgan fingerprint density at radius 1 is 1.44 bits per heavy atom. The lowest BCUT2D eigenvalue weighted by molar-refractivity contribution is -0.151. The third-order valence-electron chi connectivity index (χ3n) is 3.75. The number of hydrogen-bond donors (Lipinski definition) is 1. The molecule has 1 aliphatic heterocycles. The fourth-order valence-electron chi connectivity index (χ4n) is 2.83. The van der Waals surface area contributed by atoms with Gasteiger partial charge >= 0.3 is 5.97 Å². The first kappa shape index (κ1) is 15.4. The van der Waals surface area contributed by atoms with Crippen LogP contribution in [0.5, 0.6) is 0 Å². The molecule has 4 nitrogen and oxygen atoms in total. The van der Waals surface area contributed by atoms with E-state index in [1.54, 1.807) is 0 Å². The van der Waals surface area contributed by atoms with E-state index in [0.717, 1.165) is 25.9 Å².